The molecular weight excluding hydrogens is 248 g/mol. The van der Waals surface area contributed by atoms with Crippen molar-refractivity contribution in [2.75, 3.05) is 31.8 Å². The van der Waals surface area contributed by atoms with Gasteiger partial charge in [-0.2, -0.15) is 0 Å². The first-order chi connectivity index (χ1) is 7.53. The third-order valence-electron chi connectivity index (χ3n) is 3.04. The van der Waals surface area contributed by atoms with Gasteiger partial charge in [0, 0.05) is 20.3 Å². The van der Waals surface area contributed by atoms with Crippen molar-refractivity contribution in [3.63, 3.8) is 0 Å². The van der Waals surface area contributed by atoms with Crippen LogP contribution in [-0.2, 0) is 14.6 Å². The summed E-state index contributed by atoms with van der Waals surface area (Å²) in [5, 5.41) is 3.77. The number of sulfone groups is 1. The molecule has 2 aliphatic rings. The SMILES string of the molecule is COCCCN1C(=S)N[C@@H]2CS(=O)(=O)C[C@@H]21. The summed E-state index contributed by atoms with van der Waals surface area (Å²) in [6.07, 6.45) is 0.863. The minimum absolute atomic E-state index is 0.0138. The average Bonchev–Trinajstić information content (AvgIpc) is 2.60. The van der Waals surface area contributed by atoms with E-state index in [9.17, 15) is 8.42 Å². The molecule has 2 fully saturated rings. The molecule has 0 unspecified atom stereocenters. The summed E-state index contributed by atoms with van der Waals surface area (Å²) < 4.78 is 28.0. The number of methoxy groups -OCH3 is 1. The lowest BCUT2D eigenvalue weighted by molar-refractivity contribution is 0.183. The van der Waals surface area contributed by atoms with Crippen molar-refractivity contribution in [2.24, 2.45) is 0 Å². The van der Waals surface area contributed by atoms with Gasteiger partial charge in [-0.15, -0.1) is 0 Å². The highest BCUT2D eigenvalue weighted by atomic mass is 32.2. The lowest BCUT2D eigenvalue weighted by atomic mass is 10.2. The van der Waals surface area contributed by atoms with Gasteiger partial charge < -0.3 is 15.0 Å². The van der Waals surface area contributed by atoms with Crippen molar-refractivity contribution in [3.05, 3.63) is 0 Å². The summed E-state index contributed by atoms with van der Waals surface area (Å²) in [5.74, 6) is 0.427. The first-order valence-corrected chi connectivity index (χ1v) is 7.53. The van der Waals surface area contributed by atoms with Gasteiger partial charge in [0.2, 0.25) is 0 Å². The van der Waals surface area contributed by atoms with Gasteiger partial charge in [-0.3, -0.25) is 0 Å². The van der Waals surface area contributed by atoms with E-state index < -0.39 is 9.84 Å². The van der Waals surface area contributed by atoms with Gasteiger partial charge in [-0.05, 0) is 18.6 Å². The highest BCUT2D eigenvalue weighted by Crippen LogP contribution is 2.24. The van der Waals surface area contributed by atoms with E-state index >= 15 is 0 Å². The Morgan fingerprint density at radius 1 is 1.56 bits per heavy atom. The summed E-state index contributed by atoms with van der Waals surface area (Å²) in [7, 11) is -1.23. The molecule has 0 saturated carbocycles. The van der Waals surface area contributed by atoms with E-state index in [1.165, 1.54) is 0 Å². The van der Waals surface area contributed by atoms with E-state index in [1.54, 1.807) is 7.11 Å². The molecule has 2 atom stereocenters. The van der Waals surface area contributed by atoms with Crippen molar-refractivity contribution >= 4 is 27.2 Å². The molecule has 2 heterocycles. The molecule has 0 bridgehead atoms. The summed E-state index contributed by atoms with van der Waals surface area (Å²) in [6, 6.07) is 0.00870. The molecule has 0 aliphatic carbocycles. The number of ether oxygens (including phenoxy) is 1. The number of thiocarbonyl (C=S) groups is 1. The van der Waals surface area contributed by atoms with Gasteiger partial charge in [-0.25, -0.2) is 8.42 Å². The molecule has 0 aromatic carbocycles. The second-order valence-corrected chi connectivity index (χ2v) is 6.78. The molecule has 5 nitrogen and oxygen atoms in total. The fourth-order valence-corrected chi connectivity index (χ4v) is 4.61. The molecule has 0 spiro atoms. The minimum Gasteiger partial charge on any atom is -0.385 e. The average molecular weight is 264 g/mol. The minimum atomic E-state index is -2.89. The Bertz CT molecular complexity index is 382. The molecule has 0 amide bonds. The molecule has 1 N–H and O–H groups in total. The largest absolute Gasteiger partial charge is 0.385 e. The van der Waals surface area contributed by atoms with Crippen LogP contribution in [0.1, 0.15) is 6.42 Å². The monoisotopic (exact) mass is 264 g/mol. The maximum absolute atomic E-state index is 11.5. The molecule has 16 heavy (non-hydrogen) atoms. The maximum Gasteiger partial charge on any atom is 0.169 e. The van der Waals surface area contributed by atoms with Crippen LogP contribution in [0.2, 0.25) is 0 Å². The number of nitrogens with zero attached hydrogens (tertiary/aromatic N) is 1. The van der Waals surface area contributed by atoms with Gasteiger partial charge in [0.05, 0.1) is 23.6 Å². The topological polar surface area (TPSA) is 58.6 Å². The first-order valence-electron chi connectivity index (χ1n) is 5.30. The van der Waals surface area contributed by atoms with Crippen molar-refractivity contribution < 1.29 is 13.2 Å². The molecular formula is C9H16N2O3S2. The normalized spacial score (nSPS) is 31.6. The third kappa shape index (κ3) is 2.31. The zero-order valence-corrected chi connectivity index (χ0v) is 10.8. The van der Waals surface area contributed by atoms with Crippen LogP contribution < -0.4 is 5.32 Å². The van der Waals surface area contributed by atoms with Crippen LogP contribution in [0.3, 0.4) is 0 Å². The van der Waals surface area contributed by atoms with E-state index in [4.69, 9.17) is 17.0 Å². The fraction of sp³-hybridized carbons (Fsp3) is 0.889. The quantitative estimate of drug-likeness (QED) is 0.539. The van der Waals surface area contributed by atoms with E-state index in [2.05, 4.69) is 5.32 Å². The molecule has 2 saturated heterocycles. The van der Waals surface area contributed by atoms with Crippen molar-refractivity contribution in [1.82, 2.24) is 10.2 Å². The standard InChI is InChI=1S/C9H16N2O3S2/c1-14-4-2-3-11-8-6-16(12,13)5-7(8)10-9(11)15/h7-8H,2-6H2,1H3,(H,10,15)/t7-,8+/m1/s1. The van der Waals surface area contributed by atoms with E-state index in [1.807, 2.05) is 4.90 Å². The van der Waals surface area contributed by atoms with Crippen LogP contribution in [0.5, 0.6) is 0 Å². The maximum atomic E-state index is 11.5. The highest BCUT2D eigenvalue weighted by molar-refractivity contribution is 7.91. The lowest BCUT2D eigenvalue weighted by Crippen LogP contribution is -2.37. The number of hydrogen-bond acceptors (Lipinski definition) is 4. The summed E-state index contributed by atoms with van der Waals surface area (Å²) in [4.78, 5) is 1.99. The van der Waals surface area contributed by atoms with Crippen molar-refractivity contribution in [2.45, 2.75) is 18.5 Å². The van der Waals surface area contributed by atoms with Crippen LogP contribution in [0.4, 0.5) is 0 Å². The molecule has 0 aromatic rings. The van der Waals surface area contributed by atoms with Crippen molar-refractivity contribution in [3.8, 4) is 0 Å². The van der Waals surface area contributed by atoms with Crippen LogP contribution in [0.15, 0.2) is 0 Å². The van der Waals surface area contributed by atoms with E-state index in [-0.39, 0.29) is 23.6 Å². The zero-order chi connectivity index (χ0) is 11.8. The Hall–Kier alpha value is -0.400. The molecule has 0 radical (unpaired) electrons. The third-order valence-corrected chi connectivity index (χ3v) is 5.11. The van der Waals surface area contributed by atoms with E-state index in [0.29, 0.717) is 11.7 Å². The van der Waals surface area contributed by atoms with Gasteiger partial charge >= 0.3 is 0 Å². The molecule has 92 valence electrons. The number of fused-ring (bicyclic) bond motifs is 1. The summed E-state index contributed by atoms with van der Waals surface area (Å²) >= 11 is 5.20. The van der Waals surface area contributed by atoms with Crippen LogP contribution in [0.25, 0.3) is 0 Å². The Labute approximate surface area is 101 Å². The van der Waals surface area contributed by atoms with Gasteiger partial charge in [0.25, 0.3) is 0 Å². The van der Waals surface area contributed by atoms with Crippen LogP contribution in [0, 0.1) is 0 Å². The van der Waals surface area contributed by atoms with Gasteiger partial charge in [0.15, 0.2) is 14.9 Å². The van der Waals surface area contributed by atoms with E-state index in [0.717, 1.165) is 13.0 Å². The lowest BCUT2D eigenvalue weighted by Gasteiger charge is -2.22. The van der Waals surface area contributed by atoms with Crippen LogP contribution in [-0.4, -0.2) is 62.3 Å². The Kier molecular flexibility index (Phi) is 3.37. The molecule has 2 rings (SSSR count). The second-order valence-electron chi connectivity index (χ2n) is 4.24. The number of hydrogen-bond donors (Lipinski definition) is 1. The Morgan fingerprint density at radius 2 is 2.31 bits per heavy atom. The fourth-order valence-electron chi connectivity index (χ4n) is 2.31. The first kappa shape index (κ1) is 12.1. The number of rotatable bonds is 4. The molecule has 2 aliphatic heterocycles. The van der Waals surface area contributed by atoms with Gasteiger partial charge in [-0.1, -0.05) is 0 Å². The highest BCUT2D eigenvalue weighted by Gasteiger charge is 2.46. The van der Waals surface area contributed by atoms with Crippen molar-refractivity contribution in [1.29, 1.82) is 0 Å². The molecule has 7 heteroatoms. The zero-order valence-electron chi connectivity index (χ0n) is 9.18. The summed E-state index contributed by atoms with van der Waals surface area (Å²) in [5.41, 5.74) is 0. The number of nitrogens with one attached hydrogen (secondary N) is 1. The predicted octanol–water partition coefficient (Wildman–Crippen LogP) is -0.621. The Balaban J connectivity index is 1.99. The molecule has 0 aromatic heterocycles. The predicted molar refractivity (Wildman–Crippen MR) is 65.2 cm³/mol. The summed E-state index contributed by atoms with van der Waals surface area (Å²) in [6.45, 7) is 1.43. The van der Waals surface area contributed by atoms with Crippen LogP contribution >= 0.6 is 12.2 Å². The smallest absolute Gasteiger partial charge is 0.169 e. The Morgan fingerprint density at radius 3 is 3.00 bits per heavy atom. The van der Waals surface area contributed by atoms with Gasteiger partial charge in [0.1, 0.15) is 0 Å². The second kappa shape index (κ2) is 4.46.